The molecule has 3 amide bonds. The molecule has 146 valence electrons. The first-order chi connectivity index (χ1) is 13.1. The molecule has 1 aromatic rings. The molecule has 3 atom stereocenters. The van der Waals surface area contributed by atoms with E-state index in [1.165, 1.54) is 12.4 Å². The van der Waals surface area contributed by atoms with Crippen molar-refractivity contribution in [3.8, 4) is 0 Å². The molecule has 2 aliphatic rings. The highest BCUT2D eigenvalue weighted by molar-refractivity contribution is 5.88. The number of carbonyl (C=O) groups is 2. The summed E-state index contributed by atoms with van der Waals surface area (Å²) in [6.45, 7) is 4.25. The van der Waals surface area contributed by atoms with E-state index in [-0.39, 0.29) is 24.1 Å². The van der Waals surface area contributed by atoms with E-state index in [9.17, 15) is 9.59 Å². The lowest BCUT2D eigenvalue weighted by molar-refractivity contribution is -0.127. The van der Waals surface area contributed by atoms with Crippen molar-refractivity contribution in [2.75, 3.05) is 25.0 Å². The van der Waals surface area contributed by atoms with Crippen molar-refractivity contribution in [1.29, 1.82) is 0 Å². The summed E-state index contributed by atoms with van der Waals surface area (Å²) in [5, 5.41) is 5.66. The maximum absolute atomic E-state index is 12.3. The SMILES string of the molecule is CC1C=CC(OCCCN2CCCC2=O)C(NC(=O)Nc2cnccn2)C1. The highest BCUT2D eigenvalue weighted by Crippen LogP contribution is 2.20. The molecule has 2 N–H and O–H groups in total. The largest absolute Gasteiger partial charge is 0.372 e. The molecule has 3 rings (SSSR count). The van der Waals surface area contributed by atoms with Crippen LogP contribution in [0.25, 0.3) is 0 Å². The number of aromatic nitrogens is 2. The van der Waals surface area contributed by atoms with Gasteiger partial charge in [-0.1, -0.05) is 19.1 Å². The van der Waals surface area contributed by atoms with Gasteiger partial charge in [0.15, 0.2) is 5.82 Å². The van der Waals surface area contributed by atoms with Crippen LogP contribution in [0.1, 0.15) is 32.6 Å². The standard InChI is InChI=1S/C19H27N5O3/c1-14-5-6-16(27-11-3-10-24-9-2-4-18(24)25)15(12-14)22-19(26)23-17-13-20-7-8-21-17/h5-8,13-16H,2-4,9-12H2,1H3,(H2,21,22,23,26). The van der Waals surface area contributed by atoms with Crippen LogP contribution in [0.15, 0.2) is 30.7 Å². The van der Waals surface area contributed by atoms with Gasteiger partial charge in [0.25, 0.3) is 0 Å². The molecule has 0 aromatic carbocycles. The number of nitrogens with one attached hydrogen (secondary N) is 2. The van der Waals surface area contributed by atoms with Crippen LogP contribution in [0.2, 0.25) is 0 Å². The first kappa shape index (κ1) is 19.3. The Bertz CT molecular complexity index is 667. The maximum Gasteiger partial charge on any atom is 0.320 e. The van der Waals surface area contributed by atoms with Crippen molar-refractivity contribution in [1.82, 2.24) is 20.2 Å². The Morgan fingerprint density at radius 3 is 3.00 bits per heavy atom. The number of hydrogen-bond acceptors (Lipinski definition) is 5. The van der Waals surface area contributed by atoms with Gasteiger partial charge in [0.1, 0.15) is 0 Å². The molecular formula is C19H27N5O3. The van der Waals surface area contributed by atoms with Crippen LogP contribution < -0.4 is 10.6 Å². The third-order valence-corrected chi connectivity index (χ3v) is 4.83. The summed E-state index contributed by atoms with van der Waals surface area (Å²) < 4.78 is 5.99. The summed E-state index contributed by atoms with van der Waals surface area (Å²) in [4.78, 5) is 33.8. The number of rotatable bonds is 7. The second-order valence-corrected chi connectivity index (χ2v) is 7.07. The molecule has 1 saturated heterocycles. The molecule has 0 bridgehead atoms. The van der Waals surface area contributed by atoms with E-state index in [0.29, 0.717) is 24.8 Å². The summed E-state index contributed by atoms with van der Waals surface area (Å²) in [5.74, 6) is 1.01. The van der Waals surface area contributed by atoms with Gasteiger partial charge in [-0.25, -0.2) is 9.78 Å². The van der Waals surface area contributed by atoms with E-state index in [0.717, 1.165) is 32.4 Å². The van der Waals surface area contributed by atoms with Crippen molar-refractivity contribution in [3.63, 3.8) is 0 Å². The summed E-state index contributed by atoms with van der Waals surface area (Å²) in [6.07, 6.45) is 11.8. The van der Waals surface area contributed by atoms with Crippen molar-refractivity contribution < 1.29 is 14.3 Å². The number of anilines is 1. The number of allylic oxidation sites excluding steroid dienone is 1. The Hall–Kier alpha value is -2.48. The maximum atomic E-state index is 12.3. The quantitative estimate of drug-likeness (QED) is 0.563. The highest BCUT2D eigenvalue weighted by Gasteiger charge is 2.27. The van der Waals surface area contributed by atoms with Gasteiger partial charge in [0.05, 0.1) is 18.3 Å². The third-order valence-electron chi connectivity index (χ3n) is 4.83. The second-order valence-electron chi connectivity index (χ2n) is 7.07. The fourth-order valence-electron chi connectivity index (χ4n) is 3.46. The fourth-order valence-corrected chi connectivity index (χ4v) is 3.46. The molecule has 1 aliphatic heterocycles. The molecule has 8 nitrogen and oxygen atoms in total. The smallest absolute Gasteiger partial charge is 0.320 e. The van der Waals surface area contributed by atoms with Crippen LogP contribution in [-0.2, 0) is 9.53 Å². The first-order valence-corrected chi connectivity index (χ1v) is 9.53. The van der Waals surface area contributed by atoms with Gasteiger partial charge in [-0.2, -0.15) is 0 Å². The van der Waals surface area contributed by atoms with Crippen LogP contribution in [-0.4, -0.2) is 58.6 Å². The van der Waals surface area contributed by atoms with Gasteiger partial charge in [0, 0.05) is 38.5 Å². The zero-order valence-electron chi connectivity index (χ0n) is 15.6. The van der Waals surface area contributed by atoms with E-state index in [1.807, 2.05) is 11.0 Å². The summed E-state index contributed by atoms with van der Waals surface area (Å²) >= 11 is 0. The van der Waals surface area contributed by atoms with E-state index < -0.39 is 0 Å². The van der Waals surface area contributed by atoms with Crippen molar-refractivity contribution in [2.45, 2.75) is 44.8 Å². The summed E-state index contributed by atoms with van der Waals surface area (Å²) in [6, 6.07) is -0.436. The van der Waals surface area contributed by atoms with Gasteiger partial charge in [-0.15, -0.1) is 0 Å². The van der Waals surface area contributed by atoms with E-state index in [1.54, 1.807) is 6.20 Å². The summed E-state index contributed by atoms with van der Waals surface area (Å²) in [7, 11) is 0. The molecule has 0 radical (unpaired) electrons. The lowest BCUT2D eigenvalue weighted by Gasteiger charge is -2.31. The molecule has 1 aromatic heterocycles. The van der Waals surface area contributed by atoms with E-state index >= 15 is 0 Å². The van der Waals surface area contributed by atoms with Gasteiger partial charge < -0.3 is 15.0 Å². The van der Waals surface area contributed by atoms with Crippen LogP contribution in [0.3, 0.4) is 0 Å². The number of urea groups is 1. The van der Waals surface area contributed by atoms with Crippen molar-refractivity contribution in [3.05, 3.63) is 30.7 Å². The number of amides is 3. The molecular weight excluding hydrogens is 346 g/mol. The lowest BCUT2D eigenvalue weighted by Crippen LogP contribution is -2.48. The molecule has 3 unspecified atom stereocenters. The molecule has 27 heavy (non-hydrogen) atoms. The normalized spacial score (nSPS) is 24.9. The minimum atomic E-state index is -0.320. The zero-order chi connectivity index (χ0) is 19.1. The predicted octanol–water partition coefficient (Wildman–Crippen LogP) is 1.96. The fraction of sp³-hybridized carbons (Fsp3) is 0.579. The minimum Gasteiger partial charge on any atom is -0.372 e. The Morgan fingerprint density at radius 2 is 2.26 bits per heavy atom. The zero-order valence-corrected chi connectivity index (χ0v) is 15.6. The topological polar surface area (TPSA) is 96.5 Å². The average molecular weight is 373 g/mol. The van der Waals surface area contributed by atoms with Crippen LogP contribution >= 0.6 is 0 Å². The molecule has 0 spiro atoms. The number of likely N-dealkylation sites (tertiary alicyclic amines) is 1. The Balaban J connectivity index is 1.46. The first-order valence-electron chi connectivity index (χ1n) is 9.53. The highest BCUT2D eigenvalue weighted by atomic mass is 16.5. The summed E-state index contributed by atoms with van der Waals surface area (Å²) in [5.41, 5.74) is 0. The number of nitrogens with zero attached hydrogens (tertiary/aromatic N) is 3. The van der Waals surface area contributed by atoms with Crippen LogP contribution in [0, 0.1) is 5.92 Å². The number of hydrogen-bond donors (Lipinski definition) is 2. The van der Waals surface area contributed by atoms with E-state index in [4.69, 9.17) is 4.74 Å². The van der Waals surface area contributed by atoms with Gasteiger partial charge in [-0.3, -0.25) is 15.1 Å². The molecule has 1 aliphatic carbocycles. The molecule has 8 heteroatoms. The Labute approximate surface area is 159 Å². The molecule has 1 fully saturated rings. The molecule has 2 heterocycles. The van der Waals surface area contributed by atoms with Crippen molar-refractivity contribution in [2.24, 2.45) is 5.92 Å². The minimum absolute atomic E-state index is 0.116. The van der Waals surface area contributed by atoms with Gasteiger partial charge in [0.2, 0.25) is 5.91 Å². The van der Waals surface area contributed by atoms with Crippen LogP contribution in [0.4, 0.5) is 10.6 Å². The predicted molar refractivity (Wildman–Crippen MR) is 101 cm³/mol. The average Bonchev–Trinajstić information content (AvgIpc) is 3.06. The van der Waals surface area contributed by atoms with Gasteiger partial charge in [-0.05, 0) is 25.2 Å². The Morgan fingerprint density at radius 1 is 1.37 bits per heavy atom. The third kappa shape index (κ3) is 5.75. The van der Waals surface area contributed by atoms with E-state index in [2.05, 4.69) is 33.6 Å². The van der Waals surface area contributed by atoms with Gasteiger partial charge >= 0.3 is 6.03 Å². The number of ether oxygens (including phenoxy) is 1. The monoisotopic (exact) mass is 373 g/mol. The number of carbonyl (C=O) groups excluding carboxylic acids is 2. The molecule has 0 saturated carbocycles. The second kappa shape index (κ2) is 9.45. The van der Waals surface area contributed by atoms with Crippen molar-refractivity contribution >= 4 is 17.8 Å². The Kier molecular flexibility index (Phi) is 6.75. The lowest BCUT2D eigenvalue weighted by atomic mass is 9.91. The van der Waals surface area contributed by atoms with Crippen LogP contribution in [0.5, 0.6) is 0 Å².